The molecule has 1 aliphatic heterocycles. The lowest BCUT2D eigenvalue weighted by molar-refractivity contribution is -0.245. The molecule has 6 nitrogen and oxygen atoms in total. The molecule has 0 spiro atoms. The number of thioether (sulfide) groups is 1. The lowest BCUT2D eigenvalue weighted by atomic mass is 9.99. The zero-order valence-corrected chi connectivity index (χ0v) is 24.1. The van der Waals surface area contributed by atoms with Crippen molar-refractivity contribution in [2.75, 3.05) is 12.9 Å². The van der Waals surface area contributed by atoms with Crippen molar-refractivity contribution in [3.63, 3.8) is 0 Å². The Balaban J connectivity index is 1.34. The van der Waals surface area contributed by atoms with Gasteiger partial charge in [-0.05, 0) is 46.0 Å². The first-order chi connectivity index (χ1) is 20.0. The Morgan fingerprint density at radius 3 is 2.39 bits per heavy atom. The molecule has 7 heteroatoms. The van der Waals surface area contributed by atoms with Gasteiger partial charge in [-0.2, -0.15) is 0 Å². The fourth-order valence-electron chi connectivity index (χ4n) is 4.86. The Labute approximate surface area is 245 Å². The Hall–Kier alpha value is -3.62. The van der Waals surface area contributed by atoms with Crippen LogP contribution in [-0.2, 0) is 27.4 Å². The van der Waals surface area contributed by atoms with Gasteiger partial charge < -0.3 is 24.6 Å². The van der Waals surface area contributed by atoms with Crippen molar-refractivity contribution >= 4 is 17.7 Å². The number of benzene rings is 4. The molecular formula is C34H35NO5S. The highest BCUT2D eigenvalue weighted by molar-refractivity contribution is 7.99. The van der Waals surface area contributed by atoms with Crippen molar-refractivity contribution in [1.82, 2.24) is 5.32 Å². The highest BCUT2D eigenvalue weighted by Crippen LogP contribution is 2.40. The number of carbonyl (C=O) groups excluding carboxylic acids is 1. The largest absolute Gasteiger partial charge is 0.496 e. The number of aliphatic hydroxyl groups is 1. The zero-order chi connectivity index (χ0) is 28.6. The third kappa shape index (κ3) is 7.57. The van der Waals surface area contributed by atoms with Crippen molar-refractivity contribution in [2.24, 2.45) is 0 Å². The maximum absolute atomic E-state index is 11.3. The van der Waals surface area contributed by atoms with Gasteiger partial charge in [-0.25, -0.2) is 0 Å². The number of nitrogens with one attached hydrogen (secondary N) is 1. The second-order valence-electron chi connectivity index (χ2n) is 10.0. The Kier molecular flexibility index (Phi) is 9.75. The minimum atomic E-state index is -0.519. The van der Waals surface area contributed by atoms with Crippen molar-refractivity contribution in [2.45, 2.75) is 49.9 Å². The summed E-state index contributed by atoms with van der Waals surface area (Å²) < 4.78 is 18.6. The monoisotopic (exact) mass is 569 g/mol. The minimum Gasteiger partial charge on any atom is -0.496 e. The van der Waals surface area contributed by atoms with Crippen LogP contribution < -0.4 is 10.1 Å². The molecule has 1 amide bonds. The lowest BCUT2D eigenvalue weighted by Crippen LogP contribution is -2.31. The van der Waals surface area contributed by atoms with Gasteiger partial charge in [0.25, 0.3) is 0 Å². The summed E-state index contributed by atoms with van der Waals surface area (Å²) in [6, 6.07) is 32.4. The van der Waals surface area contributed by atoms with E-state index in [1.54, 1.807) is 18.9 Å². The van der Waals surface area contributed by atoms with Gasteiger partial charge in [0.15, 0.2) is 6.29 Å². The average molecular weight is 570 g/mol. The van der Waals surface area contributed by atoms with Crippen molar-refractivity contribution in [3.8, 4) is 16.9 Å². The van der Waals surface area contributed by atoms with E-state index in [2.05, 4.69) is 47.8 Å². The topological polar surface area (TPSA) is 77.0 Å². The molecule has 0 radical (unpaired) electrons. The number of methoxy groups -OCH3 is 1. The summed E-state index contributed by atoms with van der Waals surface area (Å²) in [6.07, 6.45) is 0.0110. The molecule has 3 atom stereocenters. The molecule has 4 aromatic carbocycles. The smallest absolute Gasteiger partial charge is 0.217 e. The number of ether oxygens (including phenoxy) is 3. The van der Waals surface area contributed by atoms with Gasteiger partial charge >= 0.3 is 0 Å². The van der Waals surface area contributed by atoms with Gasteiger partial charge in [0.05, 0.1) is 25.9 Å². The van der Waals surface area contributed by atoms with E-state index in [-0.39, 0.29) is 24.7 Å². The molecule has 0 saturated carbocycles. The van der Waals surface area contributed by atoms with E-state index < -0.39 is 6.29 Å². The first kappa shape index (κ1) is 28.9. The number of rotatable bonds is 10. The molecular weight excluding hydrogens is 534 g/mol. The molecule has 0 aliphatic carbocycles. The average Bonchev–Trinajstić information content (AvgIpc) is 3.03. The molecule has 2 N–H and O–H groups in total. The number of para-hydroxylation sites is 1. The standard InChI is InChI=1S/C34H35NO5S/c1-23(37)35-20-25-6-5-7-29(18-25)26-14-16-28(17-15-26)34-39-30(22-41-33-9-4-3-8-31(33)38-2)19-32(40-34)27-12-10-24(21-36)11-13-27/h3-18,30,32,34,36H,19-22H2,1-2H3,(H,35,37). The van der Waals surface area contributed by atoms with Crippen LogP contribution in [0.4, 0.5) is 0 Å². The van der Waals surface area contributed by atoms with Crippen LogP contribution in [0.2, 0.25) is 0 Å². The van der Waals surface area contributed by atoms with Crippen molar-refractivity contribution in [1.29, 1.82) is 0 Å². The van der Waals surface area contributed by atoms with Crippen LogP contribution in [0.25, 0.3) is 11.1 Å². The van der Waals surface area contributed by atoms with Gasteiger partial charge in [0, 0.05) is 36.1 Å². The number of amides is 1. The molecule has 0 bridgehead atoms. The minimum absolute atomic E-state index is 0.0121. The summed E-state index contributed by atoms with van der Waals surface area (Å²) >= 11 is 1.72. The van der Waals surface area contributed by atoms with Gasteiger partial charge in [0.2, 0.25) is 5.91 Å². The van der Waals surface area contributed by atoms with E-state index in [4.69, 9.17) is 14.2 Å². The summed E-state index contributed by atoms with van der Waals surface area (Å²) in [7, 11) is 1.69. The Morgan fingerprint density at radius 2 is 1.66 bits per heavy atom. The summed E-state index contributed by atoms with van der Waals surface area (Å²) in [6.45, 7) is 2.03. The molecule has 5 rings (SSSR count). The van der Waals surface area contributed by atoms with E-state index in [1.807, 2.05) is 54.6 Å². The molecule has 1 heterocycles. The van der Waals surface area contributed by atoms with E-state index >= 15 is 0 Å². The third-order valence-corrected chi connectivity index (χ3v) is 8.28. The van der Waals surface area contributed by atoms with Crippen LogP contribution in [0.3, 0.4) is 0 Å². The second-order valence-corrected chi connectivity index (χ2v) is 11.1. The zero-order valence-electron chi connectivity index (χ0n) is 23.3. The molecule has 41 heavy (non-hydrogen) atoms. The Bertz CT molecular complexity index is 1440. The fourth-order valence-corrected chi connectivity index (χ4v) is 5.91. The maximum atomic E-state index is 11.3. The number of hydrogen-bond acceptors (Lipinski definition) is 6. The summed E-state index contributed by atoms with van der Waals surface area (Å²) in [5.74, 6) is 1.56. The van der Waals surface area contributed by atoms with Crippen LogP contribution in [0.15, 0.2) is 102 Å². The molecule has 212 valence electrons. The predicted octanol–water partition coefficient (Wildman–Crippen LogP) is 6.83. The Morgan fingerprint density at radius 1 is 0.902 bits per heavy atom. The normalized spacial score (nSPS) is 18.6. The highest BCUT2D eigenvalue weighted by Gasteiger charge is 2.32. The SMILES string of the molecule is COc1ccccc1SCC1CC(c2ccc(CO)cc2)OC(c2ccc(-c3cccc(CNC(C)=O)c3)cc2)O1. The van der Waals surface area contributed by atoms with Gasteiger partial charge in [0.1, 0.15) is 5.75 Å². The highest BCUT2D eigenvalue weighted by atomic mass is 32.2. The van der Waals surface area contributed by atoms with E-state index in [1.165, 1.54) is 6.92 Å². The van der Waals surface area contributed by atoms with Crippen LogP contribution in [0.5, 0.6) is 5.75 Å². The molecule has 1 aliphatic rings. The van der Waals surface area contributed by atoms with E-state index in [0.29, 0.717) is 6.54 Å². The van der Waals surface area contributed by atoms with Gasteiger partial charge in [-0.15, -0.1) is 11.8 Å². The molecule has 1 saturated heterocycles. The quantitative estimate of drug-likeness (QED) is 0.204. The fraction of sp³-hybridized carbons (Fsp3) is 0.265. The number of aliphatic hydroxyl groups excluding tert-OH is 1. The maximum Gasteiger partial charge on any atom is 0.217 e. The van der Waals surface area contributed by atoms with Crippen LogP contribution in [-0.4, -0.2) is 30.0 Å². The van der Waals surface area contributed by atoms with Crippen molar-refractivity contribution in [3.05, 3.63) is 119 Å². The van der Waals surface area contributed by atoms with Crippen molar-refractivity contribution < 1.29 is 24.1 Å². The molecule has 1 fully saturated rings. The summed E-state index contributed by atoms with van der Waals surface area (Å²) in [5.41, 5.74) is 6.09. The van der Waals surface area contributed by atoms with E-state index in [0.717, 1.165) is 56.2 Å². The van der Waals surface area contributed by atoms with Gasteiger partial charge in [-0.3, -0.25) is 4.79 Å². The van der Waals surface area contributed by atoms with Crippen LogP contribution in [0.1, 0.15) is 48.0 Å². The number of carbonyl (C=O) groups is 1. The molecule has 3 unspecified atom stereocenters. The van der Waals surface area contributed by atoms with Crippen LogP contribution in [0, 0.1) is 0 Å². The van der Waals surface area contributed by atoms with E-state index in [9.17, 15) is 9.90 Å². The lowest BCUT2D eigenvalue weighted by Gasteiger charge is -2.36. The third-order valence-electron chi connectivity index (χ3n) is 7.09. The number of hydrogen-bond donors (Lipinski definition) is 2. The van der Waals surface area contributed by atoms with Crippen LogP contribution >= 0.6 is 11.8 Å². The summed E-state index contributed by atoms with van der Waals surface area (Å²) in [5, 5.41) is 12.3. The second kappa shape index (κ2) is 13.8. The molecule has 0 aromatic heterocycles. The first-order valence-electron chi connectivity index (χ1n) is 13.7. The molecule has 4 aromatic rings. The van der Waals surface area contributed by atoms with Gasteiger partial charge in [-0.1, -0.05) is 78.9 Å². The summed E-state index contributed by atoms with van der Waals surface area (Å²) in [4.78, 5) is 12.4. The predicted molar refractivity (Wildman–Crippen MR) is 162 cm³/mol. The first-order valence-corrected chi connectivity index (χ1v) is 14.7.